The summed E-state index contributed by atoms with van der Waals surface area (Å²) in [7, 11) is 0. The van der Waals surface area contributed by atoms with Crippen LogP contribution in [-0.4, -0.2) is 15.7 Å². The highest BCUT2D eigenvalue weighted by Crippen LogP contribution is 2.27. The molecule has 0 fully saturated rings. The molecule has 1 N–H and O–H groups in total. The lowest BCUT2D eigenvalue weighted by Crippen LogP contribution is -2.13. The van der Waals surface area contributed by atoms with Crippen LogP contribution in [0.15, 0.2) is 60.7 Å². The lowest BCUT2D eigenvalue weighted by molar-refractivity contribution is 0.102. The van der Waals surface area contributed by atoms with Crippen LogP contribution < -0.4 is 10.1 Å². The van der Waals surface area contributed by atoms with Crippen molar-refractivity contribution in [2.45, 2.75) is 33.9 Å². The average Bonchev–Trinajstić information content (AvgIpc) is 3.16. The van der Waals surface area contributed by atoms with Gasteiger partial charge in [0.1, 0.15) is 12.4 Å². The maximum atomic E-state index is 12.7. The molecule has 1 amide bonds. The minimum atomic E-state index is -0.236. The molecule has 0 aliphatic carbocycles. The monoisotopic (exact) mass is 527 g/mol. The first-order chi connectivity index (χ1) is 16.7. The number of hydrogen-bond donors (Lipinski definition) is 1. The summed E-state index contributed by atoms with van der Waals surface area (Å²) in [5.74, 6) is 1.01. The molecular weight excluding hydrogens is 505 g/mol. The molecular formula is C27H24Cl3N3O2. The second-order valence-corrected chi connectivity index (χ2v) is 9.58. The van der Waals surface area contributed by atoms with E-state index in [1.807, 2.05) is 63.2 Å². The van der Waals surface area contributed by atoms with Gasteiger partial charge < -0.3 is 10.1 Å². The van der Waals surface area contributed by atoms with E-state index in [-0.39, 0.29) is 5.91 Å². The number of rotatable bonds is 7. The number of carbonyl (C=O) groups is 1. The average molecular weight is 529 g/mol. The molecule has 0 aliphatic rings. The zero-order valence-electron chi connectivity index (χ0n) is 19.5. The molecule has 3 aromatic carbocycles. The molecule has 0 bridgehead atoms. The van der Waals surface area contributed by atoms with Gasteiger partial charge >= 0.3 is 0 Å². The van der Waals surface area contributed by atoms with E-state index in [0.29, 0.717) is 34.6 Å². The Bertz CT molecular complexity index is 1360. The van der Waals surface area contributed by atoms with Gasteiger partial charge in [0, 0.05) is 22.3 Å². The summed E-state index contributed by atoms with van der Waals surface area (Å²) >= 11 is 18.3. The molecule has 5 nitrogen and oxygen atoms in total. The van der Waals surface area contributed by atoms with Crippen molar-refractivity contribution >= 4 is 46.5 Å². The number of amides is 1. The van der Waals surface area contributed by atoms with E-state index >= 15 is 0 Å². The molecule has 0 saturated heterocycles. The minimum Gasteiger partial charge on any atom is -0.489 e. The second-order valence-electron chi connectivity index (χ2n) is 8.39. The molecule has 0 unspecified atom stereocenters. The van der Waals surface area contributed by atoms with Gasteiger partial charge in [0.05, 0.1) is 16.6 Å². The molecule has 8 heteroatoms. The first kappa shape index (κ1) is 25.1. The molecule has 4 rings (SSSR count). The number of aromatic nitrogens is 2. The van der Waals surface area contributed by atoms with Crippen LogP contribution in [0.2, 0.25) is 15.1 Å². The van der Waals surface area contributed by atoms with E-state index in [0.717, 1.165) is 38.7 Å². The molecule has 180 valence electrons. The normalized spacial score (nSPS) is 10.9. The fourth-order valence-corrected chi connectivity index (χ4v) is 4.07. The molecule has 0 spiro atoms. The zero-order chi connectivity index (χ0) is 25.1. The smallest absolute Gasteiger partial charge is 0.256 e. The van der Waals surface area contributed by atoms with Gasteiger partial charge in [-0.05, 0) is 79.4 Å². The highest BCUT2D eigenvalue weighted by molar-refractivity contribution is 6.42. The van der Waals surface area contributed by atoms with Gasteiger partial charge in [-0.2, -0.15) is 5.10 Å². The second kappa shape index (κ2) is 10.7. The van der Waals surface area contributed by atoms with Gasteiger partial charge in [-0.15, -0.1) is 0 Å². The lowest BCUT2D eigenvalue weighted by Gasteiger charge is -2.10. The van der Waals surface area contributed by atoms with Crippen molar-refractivity contribution in [3.63, 3.8) is 0 Å². The summed E-state index contributed by atoms with van der Waals surface area (Å²) in [6.45, 7) is 6.74. The highest BCUT2D eigenvalue weighted by atomic mass is 35.5. The van der Waals surface area contributed by atoms with Gasteiger partial charge in [0.25, 0.3) is 5.91 Å². The van der Waals surface area contributed by atoms with Crippen LogP contribution >= 0.6 is 34.8 Å². The Balaban J connectivity index is 1.37. The lowest BCUT2D eigenvalue weighted by atomic mass is 10.1. The van der Waals surface area contributed by atoms with Crippen LogP contribution in [0.4, 0.5) is 5.82 Å². The summed E-state index contributed by atoms with van der Waals surface area (Å²) in [5, 5.41) is 9.12. The largest absolute Gasteiger partial charge is 0.489 e. The molecule has 4 aromatic rings. The number of aryl methyl sites for hydroxylation is 3. The molecule has 0 aliphatic heterocycles. The molecule has 1 heterocycles. The summed E-state index contributed by atoms with van der Waals surface area (Å²) in [6.07, 6.45) is 0. The van der Waals surface area contributed by atoms with Gasteiger partial charge in [-0.3, -0.25) is 9.48 Å². The molecule has 0 saturated carbocycles. The van der Waals surface area contributed by atoms with Crippen LogP contribution in [0.1, 0.15) is 38.3 Å². The fourth-order valence-electron chi connectivity index (χ4n) is 3.64. The summed E-state index contributed by atoms with van der Waals surface area (Å²) in [5.41, 5.74) is 5.31. The summed E-state index contributed by atoms with van der Waals surface area (Å²) < 4.78 is 7.70. The molecule has 35 heavy (non-hydrogen) atoms. The Morgan fingerprint density at radius 1 is 0.886 bits per heavy atom. The molecule has 1 aromatic heterocycles. The number of hydrogen-bond acceptors (Lipinski definition) is 3. The van der Waals surface area contributed by atoms with Crippen molar-refractivity contribution < 1.29 is 9.53 Å². The van der Waals surface area contributed by atoms with Crippen LogP contribution in [0.5, 0.6) is 5.75 Å². The van der Waals surface area contributed by atoms with Crippen molar-refractivity contribution in [3.8, 4) is 5.75 Å². The third-order valence-electron chi connectivity index (χ3n) is 5.57. The Kier molecular flexibility index (Phi) is 7.70. The number of halogens is 3. The first-order valence-corrected chi connectivity index (χ1v) is 12.1. The number of nitrogens with one attached hydrogen (secondary N) is 1. The Labute approximate surface area is 219 Å². The van der Waals surface area contributed by atoms with Gasteiger partial charge in [0.2, 0.25) is 0 Å². The van der Waals surface area contributed by atoms with Crippen molar-refractivity contribution in [3.05, 3.63) is 109 Å². The number of nitrogens with zero attached hydrogens (tertiary/aromatic N) is 2. The third-order valence-corrected chi connectivity index (χ3v) is 6.91. The van der Waals surface area contributed by atoms with Crippen molar-refractivity contribution in [1.82, 2.24) is 9.78 Å². The standard InChI is InChI=1S/C27H24Cl3N3O2/c1-16-10-22(11-17(2)26(16)30)35-15-19-4-7-21(8-5-19)27(34)31-25-12-18(3)33(32-25)14-20-6-9-23(28)24(29)13-20/h4-13H,14-15H2,1-3H3,(H,31,32,34). The number of ether oxygens (including phenoxy) is 1. The molecule has 0 radical (unpaired) electrons. The van der Waals surface area contributed by atoms with Crippen LogP contribution in [-0.2, 0) is 13.2 Å². The van der Waals surface area contributed by atoms with Crippen molar-refractivity contribution in [1.29, 1.82) is 0 Å². The minimum absolute atomic E-state index is 0.236. The van der Waals surface area contributed by atoms with E-state index in [1.54, 1.807) is 22.9 Å². The fraction of sp³-hybridized carbons (Fsp3) is 0.185. The maximum absolute atomic E-state index is 12.7. The third kappa shape index (κ3) is 6.17. The van der Waals surface area contributed by atoms with Gasteiger partial charge in [0.15, 0.2) is 5.82 Å². The van der Waals surface area contributed by atoms with Crippen LogP contribution in [0, 0.1) is 20.8 Å². The van der Waals surface area contributed by atoms with Crippen LogP contribution in [0.3, 0.4) is 0 Å². The van der Waals surface area contributed by atoms with E-state index in [2.05, 4.69) is 10.4 Å². The Morgan fingerprint density at radius 3 is 2.20 bits per heavy atom. The number of carbonyl (C=O) groups excluding carboxylic acids is 1. The predicted octanol–water partition coefficient (Wildman–Crippen LogP) is 7.65. The predicted molar refractivity (Wildman–Crippen MR) is 142 cm³/mol. The topological polar surface area (TPSA) is 56.1 Å². The van der Waals surface area contributed by atoms with Gasteiger partial charge in [-0.25, -0.2) is 0 Å². The quantitative estimate of drug-likeness (QED) is 0.268. The molecule has 0 atom stereocenters. The van der Waals surface area contributed by atoms with E-state index in [9.17, 15) is 4.79 Å². The van der Waals surface area contributed by atoms with E-state index < -0.39 is 0 Å². The Hall–Kier alpha value is -2.99. The van der Waals surface area contributed by atoms with Gasteiger partial charge in [-0.1, -0.05) is 53.0 Å². The first-order valence-electron chi connectivity index (χ1n) is 11.0. The van der Waals surface area contributed by atoms with Crippen molar-refractivity contribution in [2.75, 3.05) is 5.32 Å². The van der Waals surface area contributed by atoms with E-state index in [1.165, 1.54) is 0 Å². The Morgan fingerprint density at radius 2 is 1.54 bits per heavy atom. The maximum Gasteiger partial charge on any atom is 0.256 e. The zero-order valence-corrected chi connectivity index (χ0v) is 21.8. The number of benzene rings is 3. The highest BCUT2D eigenvalue weighted by Gasteiger charge is 2.12. The van der Waals surface area contributed by atoms with Crippen molar-refractivity contribution in [2.24, 2.45) is 0 Å². The SMILES string of the molecule is Cc1cc(OCc2ccc(C(=O)Nc3cc(C)n(Cc4ccc(Cl)c(Cl)c4)n3)cc2)cc(C)c1Cl. The summed E-state index contributed by atoms with van der Waals surface area (Å²) in [6, 6.07) is 18.4. The number of anilines is 1. The van der Waals surface area contributed by atoms with Crippen LogP contribution in [0.25, 0.3) is 0 Å². The van der Waals surface area contributed by atoms with E-state index in [4.69, 9.17) is 39.5 Å². The summed E-state index contributed by atoms with van der Waals surface area (Å²) in [4.78, 5) is 12.7.